The second-order valence-corrected chi connectivity index (χ2v) is 5.89. The van der Waals surface area contributed by atoms with Crippen molar-refractivity contribution in [3.63, 3.8) is 0 Å². The lowest BCUT2D eigenvalue weighted by atomic mass is 9.91. The number of benzene rings is 1. The number of ether oxygens (including phenoxy) is 1. The van der Waals surface area contributed by atoms with Gasteiger partial charge in [-0.15, -0.1) is 0 Å². The van der Waals surface area contributed by atoms with Crippen LogP contribution in [0.2, 0.25) is 0 Å². The van der Waals surface area contributed by atoms with Gasteiger partial charge < -0.3 is 39.9 Å². The Morgan fingerprint density at radius 3 is 2.48 bits per heavy atom. The van der Waals surface area contributed by atoms with Crippen molar-refractivity contribution in [2.75, 3.05) is 0 Å². The van der Waals surface area contributed by atoms with E-state index in [-0.39, 0.29) is 5.75 Å². The van der Waals surface area contributed by atoms with Crippen LogP contribution in [0.1, 0.15) is 0 Å². The van der Waals surface area contributed by atoms with Crippen LogP contribution >= 0.6 is 11.6 Å². The molecule has 1 saturated heterocycles. The summed E-state index contributed by atoms with van der Waals surface area (Å²) in [6.07, 6.45) is -6.22. The molecule has 3 rings (SSSR count). The molecule has 126 valence electrons. The Bertz CT molecular complexity index is 720. The summed E-state index contributed by atoms with van der Waals surface area (Å²) in [4.78, 5) is 0. The van der Waals surface area contributed by atoms with Gasteiger partial charge in [0, 0.05) is 11.6 Å². The highest BCUT2D eigenvalue weighted by Crippen LogP contribution is 2.39. The van der Waals surface area contributed by atoms with Crippen LogP contribution in [0.5, 0.6) is 5.75 Å². The fourth-order valence-electron chi connectivity index (χ4n) is 2.89. The summed E-state index contributed by atoms with van der Waals surface area (Å²) in [5, 5.41) is 61.1. The standard InChI is InChI=1S/C14H16ClNO7/c15-12(20)9-10(18)14(22,11(19)13(21)23-9)16-5-8(17)6-3-1-2-4-7(6)16/h1-5,9-13,17-22H/t9-,10-,11-,12?,13-,14-/m0/s1. The van der Waals surface area contributed by atoms with Crippen molar-refractivity contribution < 1.29 is 35.4 Å². The van der Waals surface area contributed by atoms with E-state index < -0.39 is 35.9 Å². The van der Waals surface area contributed by atoms with Gasteiger partial charge in [-0.2, -0.15) is 0 Å². The van der Waals surface area contributed by atoms with Crippen LogP contribution in [-0.4, -0.2) is 65.4 Å². The van der Waals surface area contributed by atoms with Gasteiger partial charge in [0.15, 0.2) is 18.0 Å². The van der Waals surface area contributed by atoms with Crippen LogP contribution in [0.25, 0.3) is 10.9 Å². The molecule has 1 aliphatic rings. The van der Waals surface area contributed by atoms with E-state index in [0.29, 0.717) is 10.9 Å². The normalized spacial score (nSPS) is 36.3. The summed E-state index contributed by atoms with van der Waals surface area (Å²) in [5.74, 6) is -0.197. The zero-order valence-electron chi connectivity index (χ0n) is 11.7. The maximum absolute atomic E-state index is 10.9. The van der Waals surface area contributed by atoms with E-state index in [9.17, 15) is 30.6 Å². The third-order valence-corrected chi connectivity index (χ3v) is 4.34. The van der Waals surface area contributed by atoms with Gasteiger partial charge in [-0.1, -0.05) is 23.7 Å². The predicted molar refractivity (Wildman–Crippen MR) is 78.5 cm³/mol. The van der Waals surface area contributed by atoms with Crippen molar-refractivity contribution in [2.45, 2.75) is 35.9 Å². The van der Waals surface area contributed by atoms with Gasteiger partial charge in [0.2, 0.25) is 5.72 Å². The van der Waals surface area contributed by atoms with E-state index in [4.69, 9.17) is 16.3 Å². The Morgan fingerprint density at radius 2 is 1.83 bits per heavy atom. The van der Waals surface area contributed by atoms with Crippen molar-refractivity contribution in [2.24, 2.45) is 0 Å². The molecule has 1 aromatic heterocycles. The molecular weight excluding hydrogens is 330 g/mol. The fourth-order valence-corrected chi connectivity index (χ4v) is 3.09. The molecule has 0 aliphatic carbocycles. The van der Waals surface area contributed by atoms with Crippen LogP contribution in [0, 0.1) is 0 Å². The first-order chi connectivity index (χ1) is 10.8. The van der Waals surface area contributed by atoms with E-state index in [1.54, 1.807) is 24.3 Å². The Hall–Kier alpha value is -1.39. The summed E-state index contributed by atoms with van der Waals surface area (Å²) >= 11 is 5.51. The zero-order chi connectivity index (χ0) is 16.9. The van der Waals surface area contributed by atoms with Gasteiger partial charge in [-0.05, 0) is 12.1 Å². The number of rotatable bonds is 2. The molecule has 6 atom stereocenters. The number of alkyl halides is 1. The van der Waals surface area contributed by atoms with Crippen molar-refractivity contribution in [1.82, 2.24) is 4.57 Å². The molecule has 1 unspecified atom stereocenters. The van der Waals surface area contributed by atoms with Gasteiger partial charge in [0.25, 0.3) is 0 Å². The average molecular weight is 346 g/mol. The molecule has 1 aliphatic heterocycles. The van der Waals surface area contributed by atoms with Crippen LogP contribution in [0.3, 0.4) is 0 Å². The van der Waals surface area contributed by atoms with E-state index in [1.165, 1.54) is 0 Å². The predicted octanol–water partition coefficient (Wildman–Crippen LogP) is -1.01. The topological polar surface area (TPSA) is 136 Å². The lowest BCUT2D eigenvalue weighted by molar-refractivity contribution is -0.349. The lowest BCUT2D eigenvalue weighted by Crippen LogP contribution is -2.68. The molecule has 1 fully saturated rings. The molecule has 2 heterocycles. The fraction of sp³-hybridized carbons (Fsp3) is 0.429. The number of halogens is 1. The molecule has 0 saturated carbocycles. The van der Waals surface area contributed by atoms with Gasteiger partial charge in [0.1, 0.15) is 18.0 Å². The van der Waals surface area contributed by atoms with Crippen molar-refractivity contribution in [3.8, 4) is 5.75 Å². The van der Waals surface area contributed by atoms with Crippen molar-refractivity contribution in [1.29, 1.82) is 0 Å². The summed E-state index contributed by atoms with van der Waals surface area (Å²) in [6.45, 7) is 0. The zero-order valence-corrected chi connectivity index (χ0v) is 12.4. The Kier molecular flexibility index (Phi) is 4.01. The molecule has 0 bridgehead atoms. The largest absolute Gasteiger partial charge is 0.506 e. The maximum atomic E-state index is 10.9. The van der Waals surface area contributed by atoms with Crippen molar-refractivity contribution in [3.05, 3.63) is 30.5 Å². The van der Waals surface area contributed by atoms with Crippen LogP contribution < -0.4 is 0 Å². The molecular formula is C14H16ClNO7. The molecule has 23 heavy (non-hydrogen) atoms. The smallest absolute Gasteiger partial charge is 0.202 e. The molecule has 0 radical (unpaired) electrons. The minimum atomic E-state index is -2.49. The number of fused-ring (bicyclic) bond motifs is 1. The quantitative estimate of drug-likeness (QED) is 0.384. The molecule has 0 spiro atoms. The SMILES string of the molecule is Oc1cn([C@]2(O)[C@@H](O)[C@@H](C(O)Cl)O[C@H](O)[C@@H]2O)c2ccccc12. The highest BCUT2D eigenvalue weighted by molar-refractivity contribution is 6.19. The Balaban J connectivity index is 2.20. The number of hydrogen-bond donors (Lipinski definition) is 6. The first-order valence-corrected chi connectivity index (χ1v) is 7.25. The van der Waals surface area contributed by atoms with E-state index >= 15 is 0 Å². The molecule has 1 aromatic carbocycles. The molecule has 2 aromatic rings. The molecule has 9 heteroatoms. The molecule has 0 amide bonds. The van der Waals surface area contributed by atoms with Gasteiger partial charge >= 0.3 is 0 Å². The van der Waals surface area contributed by atoms with E-state index in [0.717, 1.165) is 10.8 Å². The minimum Gasteiger partial charge on any atom is -0.506 e. The third-order valence-electron chi connectivity index (χ3n) is 4.10. The molecule has 6 N–H and O–H groups in total. The monoisotopic (exact) mass is 345 g/mol. The summed E-state index contributed by atoms with van der Waals surface area (Å²) in [6, 6.07) is 6.41. The maximum Gasteiger partial charge on any atom is 0.202 e. The Morgan fingerprint density at radius 1 is 1.17 bits per heavy atom. The lowest BCUT2D eigenvalue weighted by Gasteiger charge is -2.47. The minimum absolute atomic E-state index is 0.197. The Labute approximate surface area is 135 Å². The van der Waals surface area contributed by atoms with E-state index in [1.807, 2.05) is 0 Å². The number of hydrogen-bond acceptors (Lipinski definition) is 7. The van der Waals surface area contributed by atoms with Gasteiger partial charge in [-0.25, -0.2) is 0 Å². The number of aliphatic hydroxyl groups excluding tert-OH is 4. The number of nitrogens with zero attached hydrogens (tertiary/aromatic N) is 1. The highest BCUT2D eigenvalue weighted by atomic mass is 35.5. The van der Waals surface area contributed by atoms with Crippen molar-refractivity contribution >= 4 is 22.5 Å². The van der Waals surface area contributed by atoms with Gasteiger partial charge in [0.05, 0.1) is 5.52 Å². The van der Waals surface area contributed by atoms with Gasteiger partial charge in [-0.3, -0.25) is 0 Å². The number of aliphatic hydroxyl groups is 5. The summed E-state index contributed by atoms with van der Waals surface area (Å²) < 4.78 is 5.86. The summed E-state index contributed by atoms with van der Waals surface area (Å²) in [5.41, 5.74) is -3.93. The first kappa shape index (κ1) is 16.5. The van der Waals surface area contributed by atoms with Crippen LogP contribution in [-0.2, 0) is 10.5 Å². The average Bonchev–Trinajstić information content (AvgIpc) is 2.86. The second-order valence-electron chi connectivity index (χ2n) is 5.44. The van der Waals surface area contributed by atoms with Crippen LogP contribution in [0.15, 0.2) is 30.5 Å². The highest BCUT2D eigenvalue weighted by Gasteiger charge is 2.58. The van der Waals surface area contributed by atoms with E-state index in [2.05, 4.69) is 0 Å². The number of aromatic hydroxyl groups is 1. The second kappa shape index (κ2) is 5.60. The first-order valence-electron chi connectivity index (χ1n) is 6.82. The number of aromatic nitrogens is 1. The number of para-hydroxylation sites is 1. The molecule has 8 nitrogen and oxygen atoms in total. The third kappa shape index (κ3) is 2.31. The summed E-state index contributed by atoms with van der Waals surface area (Å²) in [7, 11) is 0. The van der Waals surface area contributed by atoms with Crippen LogP contribution in [0.4, 0.5) is 0 Å².